The summed E-state index contributed by atoms with van der Waals surface area (Å²) in [6.07, 6.45) is 3.16. The average Bonchev–Trinajstić information content (AvgIpc) is 3.48. The summed E-state index contributed by atoms with van der Waals surface area (Å²) in [5, 5.41) is 3.82. The number of carbonyl (C=O) groups excluding carboxylic acids is 1. The van der Waals surface area contributed by atoms with Crippen molar-refractivity contribution in [3.05, 3.63) is 46.2 Å². The molecule has 1 aliphatic heterocycles. The molecule has 2 aromatic rings. The van der Waals surface area contributed by atoms with Crippen LogP contribution in [0.1, 0.15) is 29.6 Å². The normalized spacial score (nSPS) is 23.1. The Morgan fingerprint density at radius 3 is 2.92 bits per heavy atom. The van der Waals surface area contributed by atoms with Crippen molar-refractivity contribution in [2.24, 2.45) is 13.0 Å². The van der Waals surface area contributed by atoms with E-state index in [1.807, 2.05) is 24.3 Å². The molecular formula is C20H24N2O4. The van der Waals surface area contributed by atoms with E-state index in [2.05, 4.69) is 5.32 Å². The highest BCUT2D eigenvalue weighted by Gasteiger charge is 2.31. The van der Waals surface area contributed by atoms with Gasteiger partial charge in [-0.05, 0) is 42.7 Å². The van der Waals surface area contributed by atoms with Gasteiger partial charge >= 0.3 is 0 Å². The lowest BCUT2D eigenvalue weighted by molar-refractivity contribution is -0.0567. The number of pyridine rings is 1. The number of aryl methyl sites for hydroxylation is 1. The van der Waals surface area contributed by atoms with Gasteiger partial charge in [0.05, 0.1) is 24.3 Å². The van der Waals surface area contributed by atoms with Crippen LogP contribution in [0.5, 0.6) is 0 Å². The zero-order valence-electron chi connectivity index (χ0n) is 14.9. The second kappa shape index (κ2) is 7.21. The average molecular weight is 356 g/mol. The number of rotatable bonds is 5. The van der Waals surface area contributed by atoms with E-state index in [1.54, 1.807) is 13.1 Å². The Hall–Kier alpha value is -2.18. The summed E-state index contributed by atoms with van der Waals surface area (Å²) >= 11 is 0. The smallest absolute Gasteiger partial charge is 0.263 e. The predicted molar refractivity (Wildman–Crippen MR) is 98.3 cm³/mol. The van der Waals surface area contributed by atoms with Gasteiger partial charge in [-0.1, -0.05) is 18.2 Å². The van der Waals surface area contributed by atoms with E-state index >= 15 is 0 Å². The second-order valence-electron chi connectivity index (χ2n) is 7.24. The lowest BCUT2D eigenvalue weighted by atomic mass is 10.1. The lowest BCUT2D eigenvalue weighted by Gasteiger charge is -2.32. The Morgan fingerprint density at radius 1 is 1.31 bits per heavy atom. The van der Waals surface area contributed by atoms with Crippen molar-refractivity contribution in [3.63, 3.8) is 0 Å². The Labute approximate surface area is 152 Å². The van der Waals surface area contributed by atoms with E-state index in [0.717, 1.165) is 23.9 Å². The third kappa shape index (κ3) is 3.52. The van der Waals surface area contributed by atoms with Gasteiger partial charge in [-0.25, -0.2) is 0 Å². The number of benzene rings is 1. The Balaban J connectivity index is 1.54. The minimum absolute atomic E-state index is 0.0578. The van der Waals surface area contributed by atoms with Crippen molar-refractivity contribution in [2.45, 2.75) is 31.4 Å². The maximum Gasteiger partial charge on any atom is 0.263 e. The molecular weight excluding hydrogens is 332 g/mol. The molecule has 0 radical (unpaired) electrons. The number of ether oxygens (including phenoxy) is 2. The van der Waals surface area contributed by atoms with E-state index in [9.17, 15) is 9.59 Å². The number of nitrogens with zero attached hydrogens (tertiary/aromatic N) is 1. The first kappa shape index (κ1) is 17.2. The summed E-state index contributed by atoms with van der Waals surface area (Å²) in [6.45, 7) is 1.79. The Kier molecular flexibility index (Phi) is 4.78. The minimum Gasteiger partial charge on any atom is -0.379 e. The van der Waals surface area contributed by atoms with E-state index in [-0.39, 0.29) is 29.2 Å². The predicted octanol–water partition coefficient (Wildman–Crippen LogP) is 1.85. The third-order valence-electron chi connectivity index (χ3n) is 5.23. The van der Waals surface area contributed by atoms with Crippen molar-refractivity contribution in [3.8, 4) is 0 Å². The van der Waals surface area contributed by atoms with Crippen molar-refractivity contribution in [2.75, 3.05) is 19.8 Å². The van der Waals surface area contributed by atoms with Crippen LogP contribution in [0.25, 0.3) is 10.9 Å². The van der Waals surface area contributed by atoms with Crippen LogP contribution < -0.4 is 10.9 Å². The lowest BCUT2D eigenvalue weighted by Crippen LogP contribution is -2.51. The van der Waals surface area contributed by atoms with Crippen LogP contribution in [0.3, 0.4) is 0 Å². The van der Waals surface area contributed by atoms with Crippen molar-refractivity contribution < 1.29 is 14.3 Å². The summed E-state index contributed by atoms with van der Waals surface area (Å²) in [6, 6.07) is 8.97. The van der Waals surface area contributed by atoms with Crippen LogP contribution in [-0.4, -0.2) is 42.4 Å². The molecule has 6 nitrogen and oxygen atoms in total. The SMILES string of the molecule is Cn1c(=O)c(C(=O)N[C@@H]2COCC[C@@H]2OCC2CC2)cc2ccccc21. The molecule has 1 amide bonds. The summed E-state index contributed by atoms with van der Waals surface area (Å²) < 4.78 is 13.0. The monoisotopic (exact) mass is 356 g/mol. The standard InChI is InChI=1S/C20H24N2O4/c1-22-17-5-3-2-4-14(17)10-15(20(22)24)19(23)21-16-12-25-9-8-18(16)26-11-13-6-7-13/h2-5,10,13,16,18H,6-9,11-12H2,1H3,(H,21,23)/t16-,18+/m1/s1. The van der Waals surface area contributed by atoms with Gasteiger partial charge in [-0.2, -0.15) is 0 Å². The van der Waals surface area contributed by atoms with Crippen LogP contribution in [0.4, 0.5) is 0 Å². The molecule has 6 heteroatoms. The van der Waals surface area contributed by atoms with Gasteiger partial charge in [-0.3, -0.25) is 9.59 Å². The minimum atomic E-state index is -0.369. The molecule has 2 heterocycles. The van der Waals surface area contributed by atoms with Gasteiger partial charge in [0.2, 0.25) is 0 Å². The quantitative estimate of drug-likeness (QED) is 0.888. The molecule has 2 fully saturated rings. The first-order valence-electron chi connectivity index (χ1n) is 9.22. The Bertz CT molecular complexity index is 872. The third-order valence-corrected chi connectivity index (χ3v) is 5.23. The van der Waals surface area contributed by atoms with Gasteiger partial charge in [-0.15, -0.1) is 0 Å². The van der Waals surface area contributed by atoms with Crippen LogP contribution in [-0.2, 0) is 16.5 Å². The summed E-state index contributed by atoms with van der Waals surface area (Å²) in [5.41, 5.74) is 0.659. The topological polar surface area (TPSA) is 69.6 Å². The molecule has 0 spiro atoms. The number of hydrogen-bond acceptors (Lipinski definition) is 4. The van der Waals surface area contributed by atoms with E-state index in [4.69, 9.17) is 9.47 Å². The summed E-state index contributed by atoms with van der Waals surface area (Å²) in [7, 11) is 1.69. The molecule has 1 aromatic carbocycles. The largest absolute Gasteiger partial charge is 0.379 e. The number of fused-ring (bicyclic) bond motifs is 1. The van der Waals surface area contributed by atoms with E-state index in [0.29, 0.717) is 19.1 Å². The van der Waals surface area contributed by atoms with Gasteiger partial charge in [0, 0.05) is 20.3 Å². The highest BCUT2D eigenvalue weighted by molar-refractivity contribution is 5.97. The maximum atomic E-state index is 12.8. The molecule has 1 saturated carbocycles. The number of carbonyl (C=O) groups is 1. The molecule has 1 N–H and O–H groups in total. The van der Waals surface area contributed by atoms with E-state index < -0.39 is 0 Å². The molecule has 0 unspecified atom stereocenters. The number of hydrogen-bond donors (Lipinski definition) is 1. The van der Waals surface area contributed by atoms with Crippen LogP contribution in [0, 0.1) is 5.92 Å². The first-order valence-corrected chi connectivity index (χ1v) is 9.22. The first-order chi connectivity index (χ1) is 12.6. The number of aromatic nitrogens is 1. The molecule has 2 aliphatic rings. The molecule has 138 valence electrons. The van der Waals surface area contributed by atoms with Crippen molar-refractivity contribution in [1.82, 2.24) is 9.88 Å². The van der Waals surface area contributed by atoms with Crippen molar-refractivity contribution in [1.29, 1.82) is 0 Å². The van der Waals surface area contributed by atoms with Gasteiger partial charge in [0.25, 0.3) is 11.5 Å². The molecule has 26 heavy (non-hydrogen) atoms. The molecule has 0 bridgehead atoms. The molecule has 4 rings (SSSR count). The van der Waals surface area contributed by atoms with Gasteiger partial charge < -0.3 is 19.4 Å². The number of para-hydroxylation sites is 1. The number of amides is 1. The second-order valence-corrected chi connectivity index (χ2v) is 7.24. The zero-order chi connectivity index (χ0) is 18.1. The van der Waals surface area contributed by atoms with Crippen LogP contribution in [0.15, 0.2) is 35.1 Å². The fourth-order valence-electron chi connectivity index (χ4n) is 3.43. The fraction of sp³-hybridized carbons (Fsp3) is 0.500. The van der Waals surface area contributed by atoms with Gasteiger partial charge in [0.15, 0.2) is 0 Å². The number of nitrogens with one attached hydrogen (secondary N) is 1. The van der Waals surface area contributed by atoms with E-state index in [1.165, 1.54) is 17.4 Å². The highest BCUT2D eigenvalue weighted by atomic mass is 16.5. The molecule has 1 aliphatic carbocycles. The molecule has 1 saturated heterocycles. The Morgan fingerprint density at radius 2 is 2.12 bits per heavy atom. The summed E-state index contributed by atoms with van der Waals surface area (Å²) in [4.78, 5) is 25.4. The zero-order valence-corrected chi connectivity index (χ0v) is 14.9. The summed E-state index contributed by atoms with van der Waals surface area (Å²) in [5.74, 6) is 0.300. The van der Waals surface area contributed by atoms with Gasteiger partial charge in [0.1, 0.15) is 5.56 Å². The molecule has 1 aromatic heterocycles. The maximum absolute atomic E-state index is 12.8. The van der Waals surface area contributed by atoms with Crippen molar-refractivity contribution >= 4 is 16.8 Å². The molecule has 2 atom stereocenters. The van der Waals surface area contributed by atoms with Crippen LogP contribution in [0.2, 0.25) is 0 Å². The fourth-order valence-corrected chi connectivity index (χ4v) is 3.43. The van der Waals surface area contributed by atoms with Crippen LogP contribution >= 0.6 is 0 Å². The highest BCUT2D eigenvalue weighted by Crippen LogP contribution is 2.30.